The minimum Gasteiger partial charge on any atom is -0.379 e. The maximum absolute atomic E-state index is 5.49. The Morgan fingerprint density at radius 2 is 2.25 bits per heavy atom. The Hall–Kier alpha value is -0.850. The van der Waals surface area contributed by atoms with Gasteiger partial charge in [0.25, 0.3) is 0 Å². The van der Waals surface area contributed by atoms with Gasteiger partial charge in [-0.15, -0.1) is 0 Å². The van der Waals surface area contributed by atoms with E-state index in [-0.39, 0.29) is 5.54 Å². The van der Waals surface area contributed by atoms with E-state index in [0.717, 1.165) is 44.4 Å². The Morgan fingerprint density at radius 3 is 2.95 bits per heavy atom. The molecular formula is C14H22N4OS. The third-order valence-corrected chi connectivity index (χ3v) is 5.40. The van der Waals surface area contributed by atoms with E-state index in [9.17, 15) is 0 Å². The van der Waals surface area contributed by atoms with E-state index >= 15 is 0 Å². The highest BCUT2D eigenvalue weighted by Gasteiger charge is 2.40. The molecule has 6 heteroatoms. The molecule has 0 saturated carbocycles. The molecular weight excluding hydrogens is 272 g/mol. The lowest BCUT2D eigenvalue weighted by Crippen LogP contribution is -2.57. The Labute approximate surface area is 124 Å². The Kier molecular flexibility index (Phi) is 4.43. The van der Waals surface area contributed by atoms with Crippen LogP contribution in [-0.4, -0.2) is 64.8 Å². The van der Waals surface area contributed by atoms with Gasteiger partial charge in [0.1, 0.15) is 12.1 Å². The van der Waals surface area contributed by atoms with Crippen molar-refractivity contribution in [1.29, 1.82) is 0 Å². The van der Waals surface area contributed by atoms with Crippen molar-refractivity contribution in [2.75, 3.05) is 49.7 Å². The molecule has 3 rings (SSSR count). The maximum Gasteiger partial charge on any atom is 0.129 e. The van der Waals surface area contributed by atoms with Crippen LogP contribution >= 0.6 is 11.8 Å². The summed E-state index contributed by atoms with van der Waals surface area (Å²) in [5.41, 5.74) is 1.26. The summed E-state index contributed by atoms with van der Waals surface area (Å²) < 4.78 is 5.49. The Morgan fingerprint density at radius 1 is 1.40 bits per heavy atom. The van der Waals surface area contributed by atoms with Crippen LogP contribution in [0.25, 0.3) is 0 Å². The second-order valence-corrected chi connectivity index (χ2v) is 6.63. The van der Waals surface area contributed by atoms with Crippen LogP contribution in [0.1, 0.15) is 12.1 Å². The van der Waals surface area contributed by atoms with Crippen LogP contribution in [0.2, 0.25) is 0 Å². The molecule has 1 aromatic rings. The predicted octanol–water partition coefficient (Wildman–Crippen LogP) is 1.40. The number of morpholine rings is 1. The summed E-state index contributed by atoms with van der Waals surface area (Å²) in [6, 6.07) is 2.01. The van der Waals surface area contributed by atoms with Gasteiger partial charge in [0, 0.05) is 42.7 Å². The monoisotopic (exact) mass is 294 g/mol. The number of rotatable bonds is 4. The van der Waals surface area contributed by atoms with Gasteiger partial charge >= 0.3 is 0 Å². The summed E-state index contributed by atoms with van der Waals surface area (Å²) in [7, 11) is 0. The van der Waals surface area contributed by atoms with Gasteiger partial charge in [0.05, 0.1) is 13.2 Å². The fraction of sp³-hybridized carbons (Fsp3) is 0.714. The van der Waals surface area contributed by atoms with E-state index in [1.165, 1.54) is 17.9 Å². The lowest BCUT2D eigenvalue weighted by molar-refractivity contribution is -0.00922. The first-order valence-corrected chi connectivity index (χ1v) is 8.37. The predicted molar refractivity (Wildman–Crippen MR) is 82.3 cm³/mol. The lowest BCUT2D eigenvalue weighted by Gasteiger charge is -2.43. The minimum atomic E-state index is 0.257. The third kappa shape index (κ3) is 3.07. The molecule has 20 heavy (non-hydrogen) atoms. The number of ether oxygens (including phenoxy) is 1. The summed E-state index contributed by atoms with van der Waals surface area (Å²) in [4.78, 5) is 11.1. The molecule has 3 heterocycles. The molecule has 2 fully saturated rings. The minimum absolute atomic E-state index is 0.257. The maximum atomic E-state index is 5.49. The van der Waals surface area contributed by atoms with Crippen molar-refractivity contribution in [2.45, 2.75) is 18.9 Å². The quantitative estimate of drug-likeness (QED) is 0.906. The molecule has 110 valence electrons. The molecule has 1 unspecified atom stereocenters. The highest BCUT2D eigenvalue weighted by molar-refractivity contribution is 7.99. The van der Waals surface area contributed by atoms with Gasteiger partial charge in [-0.3, -0.25) is 4.90 Å². The third-order valence-electron chi connectivity index (χ3n) is 4.17. The summed E-state index contributed by atoms with van der Waals surface area (Å²) in [6.07, 6.45) is 2.87. The number of anilines is 1. The van der Waals surface area contributed by atoms with E-state index in [1.54, 1.807) is 6.33 Å². The molecule has 2 aliphatic heterocycles. The number of nitrogens with one attached hydrogen (secondary N) is 1. The zero-order valence-corrected chi connectivity index (χ0v) is 12.8. The number of aromatic nitrogens is 2. The zero-order chi connectivity index (χ0) is 13.8. The number of thioether (sulfide) groups is 1. The van der Waals surface area contributed by atoms with Gasteiger partial charge < -0.3 is 10.1 Å². The van der Waals surface area contributed by atoms with Crippen LogP contribution in [0.3, 0.4) is 0 Å². The fourth-order valence-electron chi connectivity index (χ4n) is 2.94. The molecule has 0 aliphatic carbocycles. The van der Waals surface area contributed by atoms with Gasteiger partial charge in [0.15, 0.2) is 0 Å². The Bertz CT molecular complexity index is 445. The summed E-state index contributed by atoms with van der Waals surface area (Å²) in [5, 5.41) is 3.52. The topological polar surface area (TPSA) is 50.3 Å². The van der Waals surface area contributed by atoms with Gasteiger partial charge in [-0.1, -0.05) is 0 Å². The number of hydrogen-bond acceptors (Lipinski definition) is 6. The molecule has 0 aromatic carbocycles. The molecule has 2 aliphatic rings. The molecule has 1 N–H and O–H groups in total. The van der Waals surface area contributed by atoms with Crippen LogP contribution in [0, 0.1) is 6.92 Å². The first-order valence-electron chi connectivity index (χ1n) is 7.22. The number of hydrogen-bond donors (Lipinski definition) is 1. The van der Waals surface area contributed by atoms with E-state index in [1.807, 2.05) is 13.0 Å². The first kappa shape index (κ1) is 14.1. The van der Waals surface area contributed by atoms with E-state index < -0.39 is 0 Å². The highest BCUT2D eigenvalue weighted by Crippen LogP contribution is 2.34. The van der Waals surface area contributed by atoms with Gasteiger partial charge in [-0.05, 0) is 19.1 Å². The van der Waals surface area contributed by atoms with E-state index in [0.29, 0.717) is 0 Å². The molecule has 1 atom stereocenters. The average Bonchev–Trinajstić information content (AvgIpc) is 2.96. The molecule has 2 saturated heterocycles. The average molecular weight is 294 g/mol. The van der Waals surface area contributed by atoms with E-state index in [4.69, 9.17) is 4.74 Å². The SMILES string of the molecule is Cc1cc(NCC2(N3CCOCC3)CCSC2)ncn1. The van der Waals surface area contributed by atoms with Crippen LogP contribution in [-0.2, 0) is 4.74 Å². The fourth-order valence-corrected chi connectivity index (χ4v) is 4.42. The molecule has 1 aromatic heterocycles. The highest BCUT2D eigenvalue weighted by atomic mass is 32.2. The lowest BCUT2D eigenvalue weighted by atomic mass is 9.95. The first-order chi connectivity index (χ1) is 9.78. The van der Waals surface area contributed by atoms with Gasteiger partial charge in [-0.2, -0.15) is 11.8 Å². The summed E-state index contributed by atoms with van der Waals surface area (Å²) in [6.45, 7) is 6.76. The van der Waals surface area contributed by atoms with Crippen LogP contribution in [0.4, 0.5) is 5.82 Å². The van der Waals surface area contributed by atoms with Crippen LogP contribution in [0.5, 0.6) is 0 Å². The van der Waals surface area contributed by atoms with Gasteiger partial charge in [0.2, 0.25) is 0 Å². The number of nitrogens with zero attached hydrogens (tertiary/aromatic N) is 3. The largest absolute Gasteiger partial charge is 0.379 e. The van der Waals surface area contributed by atoms with Crippen molar-refractivity contribution in [3.63, 3.8) is 0 Å². The molecule has 0 spiro atoms. The molecule has 0 bridgehead atoms. The van der Waals surface area contributed by atoms with Crippen molar-refractivity contribution in [1.82, 2.24) is 14.9 Å². The second kappa shape index (κ2) is 6.28. The van der Waals surface area contributed by atoms with Crippen LogP contribution < -0.4 is 5.32 Å². The van der Waals surface area contributed by atoms with Crippen molar-refractivity contribution in [3.05, 3.63) is 18.1 Å². The number of aryl methyl sites for hydroxylation is 1. The summed E-state index contributed by atoms with van der Waals surface area (Å²) >= 11 is 2.06. The normalized spacial score (nSPS) is 27.6. The standard InChI is InChI=1S/C14H22N4OS/c1-12-8-13(17-11-16-12)15-9-14(2-7-20-10-14)18-3-5-19-6-4-18/h8,11H,2-7,9-10H2,1H3,(H,15,16,17). The zero-order valence-electron chi connectivity index (χ0n) is 12.0. The Balaban J connectivity index is 1.67. The second-order valence-electron chi connectivity index (χ2n) is 5.52. The molecule has 0 amide bonds. The van der Waals surface area contributed by atoms with Crippen molar-refractivity contribution >= 4 is 17.6 Å². The van der Waals surface area contributed by atoms with Crippen LogP contribution in [0.15, 0.2) is 12.4 Å². The molecule has 5 nitrogen and oxygen atoms in total. The van der Waals surface area contributed by atoms with Gasteiger partial charge in [-0.25, -0.2) is 9.97 Å². The van der Waals surface area contributed by atoms with Crippen molar-refractivity contribution < 1.29 is 4.74 Å². The van der Waals surface area contributed by atoms with Crippen molar-refractivity contribution in [3.8, 4) is 0 Å². The summed E-state index contributed by atoms with van der Waals surface area (Å²) in [5.74, 6) is 3.38. The smallest absolute Gasteiger partial charge is 0.129 e. The van der Waals surface area contributed by atoms with Crippen molar-refractivity contribution in [2.24, 2.45) is 0 Å². The molecule has 0 radical (unpaired) electrons. The van der Waals surface area contributed by atoms with E-state index in [2.05, 4.69) is 31.9 Å².